The van der Waals surface area contributed by atoms with Crippen LogP contribution in [0.1, 0.15) is 17.3 Å². The first-order chi connectivity index (χ1) is 12.6. The van der Waals surface area contributed by atoms with Gasteiger partial charge in [-0.05, 0) is 12.1 Å². The molecule has 0 spiro atoms. The summed E-state index contributed by atoms with van der Waals surface area (Å²) in [5, 5.41) is 3.14. The number of benzene rings is 1. The quantitative estimate of drug-likeness (QED) is 0.564. The van der Waals surface area contributed by atoms with Crippen LogP contribution in [-0.4, -0.2) is 50.8 Å². The Morgan fingerprint density at radius 1 is 1.38 bits per heavy atom. The summed E-state index contributed by atoms with van der Waals surface area (Å²) in [5.74, 6) is 2.17. The zero-order valence-electron chi connectivity index (χ0n) is 15.6. The van der Waals surface area contributed by atoms with E-state index in [0.717, 1.165) is 31.2 Å². The number of aromatic nitrogens is 2. The lowest BCUT2D eigenvalue weighted by molar-refractivity contribution is -0.902. The average molecular weight is 360 g/mol. The van der Waals surface area contributed by atoms with E-state index in [-0.39, 0.29) is 24.5 Å². The van der Waals surface area contributed by atoms with Gasteiger partial charge in [0, 0.05) is 12.7 Å². The highest BCUT2D eigenvalue weighted by molar-refractivity contribution is 5.77. The van der Waals surface area contributed by atoms with E-state index in [9.17, 15) is 4.79 Å². The van der Waals surface area contributed by atoms with E-state index in [1.54, 1.807) is 7.11 Å². The SMILES string of the molecule is COCC(=O)N[C@@H]1C[NH+](Cc2cccc(OC)c2)C[C@H]1c1[nH]cc[n+]1C. The maximum absolute atomic E-state index is 12.1. The van der Waals surface area contributed by atoms with Crippen LogP contribution in [0.15, 0.2) is 36.7 Å². The standard InChI is InChI=1S/C19H26N4O3/c1-22-8-7-20-19(22)16-11-23(12-17(16)21-18(24)13-25-2)10-14-5-4-6-15(9-14)26-3/h4-9,16-17H,10-13H2,1-3H3,(H,21,24)/p+2/t16-,17-/m1/s1. The molecule has 0 radical (unpaired) electrons. The Hall–Kier alpha value is -2.38. The number of rotatable bonds is 7. The van der Waals surface area contributed by atoms with Gasteiger partial charge in [-0.1, -0.05) is 12.1 Å². The lowest BCUT2D eigenvalue weighted by Gasteiger charge is -2.15. The first-order valence-electron chi connectivity index (χ1n) is 8.88. The van der Waals surface area contributed by atoms with Crippen LogP contribution >= 0.6 is 0 Å². The summed E-state index contributed by atoms with van der Waals surface area (Å²) >= 11 is 0. The summed E-state index contributed by atoms with van der Waals surface area (Å²) in [4.78, 5) is 16.8. The number of carbonyl (C=O) groups is 1. The van der Waals surface area contributed by atoms with Crippen molar-refractivity contribution < 1.29 is 23.7 Å². The topological polar surface area (TPSA) is 71.7 Å². The lowest BCUT2D eigenvalue weighted by atomic mass is 10.0. The fraction of sp³-hybridized carbons (Fsp3) is 0.474. The summed E-state index contributed by atoms with van der Waals surface area (Å²) in [5.41, 5.74) is 1.23. The molecule has 0 aliphatic carbocycles. The normalized spacial score (nSPS) is 22.3. The molecule has 0 saturated carbocycles. The molecule has 3 atom stereocenters. The Labute approximate surface area is 153 Å². The Bertz CT molecular complexity index is 746. The Morgan fingerprint density at radius 3 is 2.92 bits per heavy atom. The molecule has 1 fully saturated rings. The van der Waals surface area contributed by atoms with Crippen LogP contribution in [-0.2, 0) is 23.1 Å². The van der Waals surface area contributed by atoms with Gasteiger partial charge in [0.25, 0.3) is 5.82 Å². The second-order valence-electron chi connectivity index (χ2n) is 6.86. The van der Waals surface area contributed by atoms with Crippen LogP contribution in [0.25, 0.3) is 0 Å². The minimum absolute atomic E-state index is 0.0701. The average Bonchev–Trinajstić information content (AvgIpc) is 3.21. The molecule has 1 aromatic carbocycles. The number of methoxy groups -OCH3 is 2. The van der Waals surface area contributed by atoms with Gasteiger partial charge in [0.05, 0.1) is 33.3 Å². The molecule has 1 aliphatic rings. The second-order valence-corrected chi connectivity index (χ2v) is 6.86. The van der Waals surface area contributed by atoms with Gasteiger partial charge in [-0.15, -0.1) is 0 Å². The molecule has 7 nitrogen and oxygen atoms in total. The molecule has 1 unspecified atom stereocenters. The van der Waals surface area contributed by atoms with Crippen LogP contribution in [0.4, 0.5) is 0 Å². The highest BCUT2D eigenvalue weighted by Gasteiger charge is 2.43. The fourth-order valence-electron chi connectivity index (χ4n) is 3.81. The first-order valence-corrected chi connectivity index (χ1v) is 8.88. The molecule has 0 bridgehead atoms. The maximum atomic E-state index is 12.1. The number of carbonyl (C=O) groups excluding carboxylic acids is 1. The Balaban J connectivity index is 1.74. The maximum Gasteiger partial charge on any atom is 0.265 e. The van der Waals surface area contributed by atoms with E-state index in [0.29, 0.717) is 0 Å². The van der Waals surface area contributed by atoms with E-state index in [1.165, 1.54) is 17.6 Å². The second kappa shape index (κ2) is 8.33. The molecule has 1 aromatic heterocycles. The number of hydrogen-bond donors (Lipinski definition) is 3. The number of H-pyrrole nitrogens is 1. The minimum atomic E-state index is -0.0701. The van der Waals surface area contributed by atoms with Crippen molar-refractivity contribution in [2.45, 2.75) is 18.5 Å². The molecule has 1 amide bonds. The lowest BCUT2D eigenvalue weighted by Crippen LogP contribution is -3.09. The summed E-state index contributed by atoms with van der Waals surface area (Å²) < 4.78 is 12.4. The molecule has 140 valence electrons. The molecule has 3 N–H and O–H groups in total. The van der Waals surface area contributed by atoms with Gasteiger partial charge < -0.3 is 19.7 Å². The van der Waals surface area contributed by atoms with Crippen LogP contribution in [0.3, 0.4) is 0 Å². The predicted molar refractivity (Wildman–Crippen MR) is 95.9 cm³/mol. The number of likely N-dealkylation sites (tertiary alicyclic amines) is 1. The van der Waals surface area contributed by atoms with E-state index in [2.05, 4.69) is 27.0 Å². The van der Waals surface area contributed by atoms with Crippen molar-refractivity contribution in [2.24, 2.45) is 7.05 Å². The van der Waals surface area contributed by atoms with Gasteiger partial charge in [0.2, 0.25) is 5.91 Å². The van der Waals surface area contributed by atoms with Crippen LogP contribution < -0.4 is 19.5 Å². The number of aryl methyl sites for hydroxylation is 1. The Kier molecular flexibility index (Phi) is 5.90. The number of quaternary nitrogens is 1. The zero-order valence-corrected chi connectivity index (χ0v) is 15.6. The molecule has 2 aromatic rings. The molecule has 2 heterocycles. The smallest absolute Gasteiger partial charge is 0.265 e. The predicted octanol–water partition coefficient (Wildman–Crippen LogP) is -0.839. The highest BCUT2D eigenvalue weighted by Crippen LogP contribution is 2.17. The summed E-state index contributed by atoms with van der Waals surface area (Å²) in [7, 11) is 5.25. The number of ether oxygens (including phenoxy) is 2. The van der Waals surface area contributed by atoms with Gasteiger partial charge in [-0.3, -0.25) is 4.79 Å². The molecular formula is C19H28N4O3+2. The van der Waals surface area contributed by atoms with Gasteiger partial charge in [-0.2, -0.15) is 0 Å². The highest BCUT2D eigenvalue weighted by atomic mass is 16.5. The van der Waals surface area contributed by atoms with Crippen molar-refractivity contribution in [3.05, 3.63) is 48.0 Å². The van der Waals surface area contributed by atoms with E-state index >= 15 is 0 Å². The van der Waals surface area contributed by atoms with Crippen molar-refractivity contribution in [1.82, 2.24) is 10.3 Å². The number of nitrogens with zero attached hydrogens (tertiary/aromatic N) is 1. The summed E-state index contributed by atoms with van der Waals surface area (Å²) in [6.45, 7) is 2.81. The van der Waals surface area contributed by atoms with E-state index in [1.807, 2.05) is 31.6 Å². The Morgan fingerprint density at radius 2 is 2.23 bits per heavy atom. The van der Waals surface area contributed by atoms with Gasteiger partial charge >= 0.3 is 0 Å². The van der Waals surface area contributed by atoms with Crippen molar-refractivity contribution >= 4 is 5.91 Å². The molecule has 1 aliphatic heterocycles. The van der Waals surface area contributed by atoms with Gasteiger partial charge in [-0.25, -0.2) is 9.55 Å². The number of imidazole rings is 1. The number of nitrogens with one attached hydrogen (secondary N) is 3. The van der Waals surface area contributed by atoms with Crippen molar-refractivity contribution in [3.63, 3.8) is 0 Å². The first kappa shape index (κ1) is 18.4. The number of amides is 1. The third kappa shape index (κ3) is 4.23. The third-order valence-electron chi connectivity index (χ3n) is 4.97. The summed E-state index contributed by atoms with van der Waals surface area (Å²) in [6.07, 6.45) is 3.94. The molecular weight excluding hydrogens is 332 g/mol. The van der Waals surface area contributed by atoms with Crippen molar-refractivity contribution in [1.29, 1.82) is 0 Å². The van der Waals surface area contributed by atoms with Gasteiger partial charge in [0.15, 0.2) is 0 Å². The molecule has 3 rings (SSSR count). The van der Waals surface area contributed by atoms with Crippen molar-refractivity contribution in [3.8, 4) is 5.75 Å². The molecule has 1 saturated heterocycles. The van der Waals surface area contributed by atoms with Crippen LogP contribution in [0, 0.1) is 0 Å². The largest absolute Gasteiger partial charge is 0.497 e. The minimum Gasteiger partial charge on any atom is -0.497 e. The van der Waals surface area contributed by atoms with Crippen LogP contribution in [0.2, 0.25) is 0 Å². The van der Waals surface area contributed by atoms with E-state index < -0.39 is 0 Å². The van der Waals surface area contributed by atoms with Crippen LogP contribution in [0.5, 0.6) is 5.75 Å². The number of aromatic amines is 1. The third-order valence-corrected chi connectivity index (χ3v) is 4.97. The van der Waals surface area contributed by atoms with Gasteiger partial charge in [0.1, 0.15) is 37.2 Å². The monoisotopic (exact) mass is 360 g/mol. The molecule has 7 heteroatoms. The number of hydrogen-bond acceptors (Lipinski definition) is 3. The van der Waals surface area contributed by atoms with E-state index in [4.69, 9.17) is 9.47 Å². The molecule has 26 heavy (non-hydrogen) atoms. The summed E-state index contributed by atoms with van der Waals surface area (Å²) in [6, 6.07) is 8.24. The zero-order chi connectivity index (χ0) is 18.5. The van der Waals surface area contributed by atoms with Crippen molar-refractivity contribution in [2.75, 3.05) is 33.9 Å². The fourth-order valence-corrected chi connectivity index (χ4v) is 3.81.